The summed E-state index contributed by atoms with van der Waals surface area (Å²) in [7, 11) is -0.667. The van der Waals surface area contributed by atoms with Crippen LogP contribution >= 0.6 is 0 Å². The molecule has 0 fully saturated rings. The van der Waals surface area contributed by atoms with E-state index in [-0.39, 0.29) is 16.9 Å². The van der Waals surface area contributed by atoms with Crippen molar-refractivity contribution in [1.29, 1.82) is 0 Å². The van der Waals surface area contributed by atoms with E-state index >= 15 is 0 Å². The molecule has 3 heteroatoms. The molecule has 0 aliphatic carbocycles. The molecule has 1 unspecified atom stereocenters. The summed E-state index contributed by atoms with van der Waals surface area (Å²) >= 11 is 0. The Kier molecular flexibility index (Phi) is 4.86. The molecule has 0 aliphatic rings. The van der Waals surface area contributed by atoms with Crippen LogP contribution in [-0.4, -0.2) is 14.9 Å². The molecular weight excluding hydrogens is 276 g/mol. The fourth-order valence-corrected chi connectivity index (χ4v) is 3.16. The summed E-state index contributed by atoms with van der Waals surface area (Å²) in [4.78, 5) is 0. The van der Waals surface area contributed by atoms with Crippen LogP contribution in [0.2, 0.25) is 5.04 Å². The average molecular weight is 300 g/mol. The van der Waals surface area contributed by atoms with Gasteiger partial charge in [-0.1, -0.05) is 62.7 Å². The molecule has 1 atom stereocenters. The van der Waals surface area contributed by atoms with Crippen molar-refractivity contribution < 1.29 is 9.53 Å². The Balaban J connectivity index is 2.29. The molecule has 1 N–H and O–H groups in total. The molecule has 0 amide bonds. The third kappa shape index (κ3) is 4.72. The zero-order valence-electron chi connectivity index (χ0n) is 13.3. The molecule has 0 heterocycles. The minimum Gasteiger partial charge on any atom is -0.508 e. The number of hydrogen-bond acceptors (Lipinski definition) is 2. The first-order valence-electron chi connectivity index (χ1n) is 7.32. The summed E-state index contributed by atoms with van der Waals surface area (Å²) in [6.45, 7) is 8.76. The topological polar surface area (TPSA) is 29.5 Å². The number of rotatable bonds is 4. The number of phenols is 1. The van der Waals surface area contributed by atoms with Crippen molar-refractivity contribution in [2.45, 2.75) is 38.8 Å². The van der Waals surface area contributed by atoms with E-state index in [9.17, 15) is 5.11 Å². The van der Waals surface area contributed by atoms with E-state index in [0.717, 1.165) is 5.56 Å². The largest absolute Gasteiger partial charge is 0.508 e. The summed E-state index contributed by atoms with van der Waals surface area (Å²) in [5.41, 5.74) is 3.51. The summed E-state index contributed by atoms with van der Waals surface area (Å²) in [5, 5.41) is 9.72. The molecule has 2 aromatic carbocycles. The number of aromatic hydroxyl groups is 1. The van der Waals surface area contributed by atoms with Crippen LogP contribution in [0.3, 0.4) is 0 Å². The Hall–Kier alpha value is -1.58. The van der Waals surface area contributed by atoms with E-state index in [0.29, 0.717) is 0 Å². The number of phenolic OH excluding ortho intramolecular Hbond substituents is 1. The standard InChI is InChI=1S/C18H24O2Si/c1-13-5-7-14(8-6-13)17(20-21-18(2,3)4)15-9-11-16(19)12-10-15/h5-12,17,19H,21H2,1-4H3. The Bertz CT molecular complexity index is 522. The highest BCUT2D eigenvalue weighted by molar-refractivity contribution is 6.31. The molecule has 0 aromatic heterocycles. The van der Waals surface area contributed by atoms with Crippen LogP contribution in [0, 0.1) is 6.92 Å². The van der Waals surface area contributed by atoms with Gasteiger partial charge >= 0.3 is 0 Å². The van der Waals surface area contributed by atoms with Crippen molar-refractivity contribution in [1.82, 2.24) is 0 Å². The highest BCUT2D eigenvalue weighted by Crippen LogP contribution is 2.30. The fraction of sp³-hybridized carbons (Fsp3) is 0.333. The second-order valence-electron chi connectivity index (χ2n) is 6.75. The normalized spacial score (nSPS) is 13.7. The van der Waals surface area contributed by atoms with Gasteiger partial charge in [-0.15, -0.1) is 0 Å². The molecule has 21 heavy (non-hydrogen) atoms. The van der Waals surface area contributed by atoms with Crippen molar-refractivity contribution in [3.8, 4) is 5.75 Å². The smallest absolute Gasteiger partial charge is 0.168 e. The summed E-state index contributed by atoms with van der Waals surface area (Å²) < 4.78 is 6.32. The summed E-state index contributed by atoms with van der Waals surface area (Å²) in [5.74, 6) is 0.287. The second-order valence-corrected chi connectivity index (χ2v) is 9.50. The van der Waals surface area contributed by atoms with Gasteiger partial charge in [0.05, 0.1) is 6.10 Å². The highest BCUT2D eigenvalue weighted by atomic mass is 28.2. The van der Waals surface area contributed by atoms with E-state index in [1.165, 1.54) is 11.1 Å². The maximum Gasteiger partial charge on any atom is 0.168 e. The van der Waals surface area contributed by atoms with E-state index in [1.54, 1.807) is 12.1 Å². The van der Waals surface area contributed by atoms with Gasteiger partial charge in [0.1, 0.15) is 5.75 Å². The molecule has 0 radical (unpaired) electrons. The first kappa shape index (κ1) is 15.8. The first-order valence-corrected chi connectivity index (χ1v) is 8.61. The van der Waals surface area contributed by atoms with E-state index in [1.807, 2.05) is 12.1 Å². The second kappa shape index (κ2) is 6.46. The summed E-state index contributed by atoms with van der Waals surface area (Å²) in [6, 6.07) is 15.8. The van der Waals surface area contributed by atoms with E-state index < -0.39 is 9.76 Å². The zero-order chi connectivity index (χ0) is 15.5. The van der Waals surface area contributed by atoms with Gasteiger partial charge in [0.25, 0.3) is 0 Å². The fourth-order valence-electron chi connectivity index (χ4n) is 2.11. The predicted molar refractivity (Wildman–Crippen MR) is 90.5 cm³/mol. The minimum atomic E-state index is -0.667. The highest BCUT2D eigenvalue weighted by Gasteiger charge is 2.19. The van der Waals surface area contributed by atoms with Crippen LogP contribution < -0.4 is 0 Å². The van der Waals surface area contributed by atoms with Gasteiger partial charge < -0.3 is 9.53 Å². The van der Waals surface area contributed by atoms with Gasteiger partial charge in [0.15, 0.2) is 9.76 Å². The lowest BCUT2D eigenvalue weighted by atomic mass is 10.0. The molecule has 2 rings (SSSR count). The predicted octanol–water partition coefficient (Wildman–Crippen LogP) is 4.11. The van der Waals surface area contributed by atoms with Crippen LogP contribution in [0.25, 0.3) is 0 Å². The van der Waals surface area contributed by atoms with Gasteiger partial charge in [-0.2, -0.15) is 0 Å². The van der Waals surface area contributed by atoms with E-state index in [4.69, 9.17) is 4.43 Å². The lowest BCUT2D eigenvalue weighted by Crippen LogP contribution is -2.17. The van der Waals surface area contributed by atoms with Crippen LogP contribution in [0.15, 0.2) is 48.5 Å². The van der Waals surface area contributed by atoms with E-state index in [2.05, 4.69) is 52.0 Å². The van der Waals surface area contributed by atoms with Crippen LogP contribution in [0.4, 0.5) is 0 Å². The lowest BCUT2D eigenvalue weighted by molar-refractivity contribution is 0.250. The van der Waals surface area contributed by atoms with Gasteiger partial charge in [-0.3, -0.25) is 0 Å². The van der Waals surface area contributed by atoms with Crippen LogP contribution in [0.5, 0.6) is 5.75 Å². The molecule has 112 valence electrons. The van der Waals surface area contributed by atoms with Gasteiger partial charge in [-0.05, 0) is 35.2 Å². The lowest BCUT2D eigenvalue weighted by Gasteiger charge is -2.25. The van der Waals surface area contributed by atoms with Crippen molar-refractivity contribution in [3.63, 3.8) is 0 Å². The van der Waals surface area contributed by atoms with Crippen LogP contribution in [-0.2, 0) is 4.43 Å². The number of aryl methyl sites for hydroxylation is 1. The monoisotopic (exact) mass is 300 g/mol. The first-order chi connectivity index (χ1) is 9.85. The minimum absolute atomic E-state index is 0.0444. The Morgan fingerprint density at radius 3 is 1.86 bits per heavy atom. The molecule has 0 bridgehead atoms. The Morgan fingerprint density at radius 1 is 0.905 bits per heavy atom. The number of benzene rings is 2. The van der Waals surface area contributed by atoms with Gasteiger partial charge in [0.2, 0.25) is 0 Å². The molecule has 2 nitrogen and oxygen atoms in total. The molecule has 2 aromatic rings. The maximum atomic E-state index is 9.47. The molecule has 0 spiro atoms. The van der Waals surface area contributed by atoms with Gasteiger partial charge in [-0.25, -0.2) is 0 Å². The van der Waals surface area contributed by atoms with Crippen molar-refractivity contribution in [2.75, 3.05) is 0 Å². The summed E-state index contributed by atoms with van der Waals surface area (Å²) in [6.07, 6.45) is -0.0444. The van der Waals surface area contributed by atoms with Crippen molar-refractivity contribution in [3.05, 3.63) is 65.2 Å². The number of hydrogen-bond donors (Lipinski definition) is 1. The maximum absolute atomic E-state index is 9.47. The van der Waals surface area contributed by atoms with Crippen molar-refractivity contribution >= 4 is 9.76 Å². The molecular formula is C18H24O2Si. The van der Waals surface area contributed by atoms with Crippen molar-refractivity contribution in [2.24, 2.45) is 0 Å². The van der Waals surface area contributed by atoms with Gasteiger partial charge in [0, 0.05) is 0 Å². The third-order valence-electron chi connectivity index (χ3n) is 3.26. The molecule has 0 saturated carbocycles. The Morgan fingerprint density at radius 2 is 1.38 bits per heavy atom. The molecule has 0 saturated heterocycles. The zero-order valence-corrected chi connectivity index (χ0v) is 14.7. The SMILES string of the molecule is Cc1ccc(C(O[SiH2]C(C)(C)C)c2ccc(O)cc2)cc1. The average Bonchev–Trinajstić information content (AvgIpc) is 2.41. The third-order valence-corrected chi connectivity index (χ3v) is 4.62. The molecule has 0 aliphatic heterocycles. The quantitative estimate of drug-likeness (QED) is 0.861. The van der Waals surface area contributed by atoms with Crippen LogP contribution in [0.1, 0.15) is 43.6 Å². The Labute approximate surface area is 129 Å².